The van der Waals surface area contributed by atoms with Crippen LogP contribution in [-0.2, 0) is 4.79 Å². The lowest BCUT2D eigenvalue weighted by atomic mass is 9.69. The Hall–Kier alpha value is 0.140. The largest absolute Gasteiger partial charge is 0.298 e. The number of carbonyl (C=O) groups excluding carboxylic acids is 1. The van der Waals surface area contributed by atoms with E-state index >= 15 is 0 Å². The van der Waals surface area contributed by atoms with Crippen LogP contribution in [0.15, 0.2) is 9.66 Å². The molecule has 0 aromatic carbocycles. The van der Waals surface area contributed by atoms with Gasteiger partial charge in [-0.2, -0.15) is 0 Å². The molecule has 0 amide bonds. The average molecular weight is 360 g/mol. The topological polar surface area (TPSA) is 17.1 Å². The highest BCUT2D eigenvalue weighted by molar-refractivity contribution is 14.1. The summed E-state index contributed by atoms with van der Waals surface area (Å²) in [6.45, 7) is 0. The van der Waals surface area contributed by atoms with Crippen molar-refractivity contribution in [1.29, 1.82) is 0 Å². The Morgan fingerprint density at radius 2 is 1.72 bits per heavy atom. The third kappa shape index (κ3) is 4.07. The van der Waals surface area contributed by atoms with Crippen molar-refractivity contribution in [2.75, 3.05) is 0 Å². The molecule has 18 heavy (non-hydrogen) atoms. The van der Waals surface area contributed by atoms with E-state index in [1.807, 2.05) is 4.08 Å². The SMILES string of the molecule is O=CC(=CI)C1CC(CCCC2CCCCC2)C1. The number of rotatable bonds is 6. The van der Waals surface area contributed by atoms with Gasteiger partial charge in [-0.1, -0.05) is 74.0 Å². The van der Waals surface area contributed by atoms with Gasteiger partial charge in [-0.3, -0.25) is 4.79 Å². The average Bonchev–Trinajstić information content (AvgIpc) is 2.37. The third-order valence-electron chi connectivity index (χ3n) is 4.92. The highest BCUT2D eigenvalue weighted by Gasteiger charge is 2.31. The molecule has 1 nitrogen and oxygen atoms in total. The molecule has 0 atom stereocenters. The molecule has 0 unspecified atom stereocenters. The maximum atomic E-state index is 10.8. The van der Waals surface area contributed by atoms with Gasteiger partial charge in [0.1, 0.15) is 6.29 Å². The zero-order valence-electron chi connectivity index (χ0n) is 11.2. The number of hydrogen-bond acceptors (Lipinski definition) is 1. The molecule has 2 aliphatic rings. The maximum absolute atomic E-state index is 10.8. The van der Waals surface area contributed by atoms with Crippen LogP contribution >= 0.6 is 22.6 Å². The molecule has 0 heterocycles. The number of halogens is 1. The molecule has 0 aromatic heterocycles. The normalized spacial score (nSPS) is 29.9. The fourth-order valence-electron chi connectivity index (χ4n) is 3.63. The van der Waals surface area contributed by atoms with Crippen molar-refractivity contribution in [2.45, 2.75) is 64.2 Å². The first-order valence-electron chi connectivity index (χ1n) is 7.59. The lowest BCUT2D eigenvalue weighted by Gasteiger charge is -2.36. The highest BCUT2D eigenvalue weighted by Crippen LogP contribution is 2.41. The molecule has 2 rings (SSSR count). The van der Waals surface area contributed by atoms with Crippen molar-refractivity contribution in [1.82, 2.24) is 0 Å². The number of allylic oxidation sites excluding steroid dienone is 1. The van der Waals surface area contributed by atoms with Crippen LogP contribution in [0.4, 0.5) is 0 Å². The van der Waals surface area contributed by atoms with Crippen LogP contribution in [0.25, 0.3) is 0 Å². The molecule has 2 aliphatic carbocycles. The van der Waals surface area contributed by atoms with E-state index in [0.29, 0.717) is 5.92 Å². The quantitative estimate of drug-likeness (QED) is 0.358. The van der Waals surface area contributed by atoms with E-state index in [1.54, 1.807) is 0 Å². The number of hydrogen-bond donors (Lipinski definition) is 0. The smallest absolute Gasteiger partial charge is 0.146 e. The first kappa shape index (κ1) is 14.5. The predicted octanol–water partition coefficient (Wildman–Crippen LogP) is 5.28. The Morgan fingerprint density at radius 1 is 1.06 bits per heavy atom. The van der Waals surface area contributed by atoms with Crippen molar-refractivity contribution in [2.24, 2.45) is 17.8 Å². The van der Waals surface area contributed by atoms with Gasteiger partial charge in [0.15, 0.2) is 0 Å². The Balaban J connectivity index is 1.55. The molecule has 0 radical (unpaired) electrons. The van der Waals surface area contributed by atoms with Gasteiger partial charge in [0, 0.05) is 5.57 Å². The summed E-state index contributed by atoms with van der Waals surface area (Å²) in [6, 6.07) is 0. The summed E-state index contributed by atoms with van der Waals surface area (Å²) < 4.78 is 1.97. The van der Waals surface area contributed by atoms with Crippen molar-refractivity contribution >= 4 is 28.9 Å². The molecule has 0 N–H and O–H groups in total. The minimum absolute atomic E-state index is 0.582. The van der Waals surface area contributed by atoms with Gasteiger partial charge in [0.25, 0.3) is 0 Å². The molecule has 102 valence electrons. The summed E-state index contributed by atoms with van der Waals surface area (Å²) >= 11 is 2.19. The van der Waals surface area contributed by atoms with E-state index in [-0.39, 0.29) is 0 Å². The summed E-state index contributed by atoms with van der Waals surface area (Å²) in [4.78, 5) is 10.8. The molecule has 0 bridgehead atoms. The molecule has 0 aliphatic heterocycles. The van der Waals surface area contributed by atoms with Crippen LogP contribution in [0.2, 0.25) is 0 Å². The Labute approximate surface area is 125 Å². The van der Waals surface area contributed by atoms with Crippen LogP contribution in [0.3, 0.4) is 0 Å². The third-order valence-corrected chi connectivity index (χ3v) is 5.64. The second-order valence-corrected chi connectivity index (χ2v) is 6.82. The van der Waals surface area contributed by atoms with Gasteiger partial charge >= 0.3 is 0 Å². The van der Waals surface area contributed by atoms with E-state index in [0.717, 1.165) is 23.7 Å². The van der Waals surface area contributed by atoms with Gasteiger partial charge < -0.3 is 0 Å². The Kier molecular flexibility index (Phi) is 6.19. The molecule has 0 aromatic rings. The molecule has 2 heteroatoms. The second kappa shape index (κ2) is 7.66. The molecular formula is C16H25IO. The zero-order chi connectivity index (χ0) is 12.8. The molecule has 2 fully saturated rings. The van der Waals surface area contributed by atoms with Crippen LogP contribution < -0.4 is 0 Å². The van der Waals surface area contributed by atoms with Crippen molar-refractivity contribution in [3.63, 3.8) is 0 Å². The number of aldehydes is 1. The minimum atomic E-state index is 0.582. The summed E-state index contributed by atoms with van der Waals surface area (Å²) in [5.41, 5.74) is 1.03. The van der Waals surface area contributed by atoms with E-state index in [4.69, 9.17) is 0 Å². The molecular weight excluding hydrogens is 335 g/mol. The fraction of sp³-hybridized carbons (Fsp3) is 0.812. The van der Waals surface area contributed by atoms with Crippen molar-refractivity contribution < 1.29 is 4.79 Å². The van der Waals surface area contributed by atoms with E-state index in [2.05, 4.69) is 22.6 Å². The summed E-state index contributed by atoms with van der Waals surface area (Å²) in [6.07, 6.45) is 15.2. The number of carbonyl (C=O) groups is 1. The Bertz CT molecular complexity index is 285. The lowest BCUT2D eigenvalue weighted by molar-refractivity contribution is -0.105. The van der Waals surface area contributed by atoms with E-state index < -0.39 is 0 Å². The van der Waals surface area contributed by atoms with Crippen LogP contribution in [0.1, 0.15) is 64.2 Å². The van der Waals surface area contributed by atoms with Crippen LogP contribution in [-0.4, -0.2) is 6.29 Å². The van der Waals surface area contributed by atoms with Crippen molar-refractivity contribution in [3.05, 3.63) is 9.66 Å². The van der Waals surface area contributed by atoms with E-state index in [9.17, 15) is 4.79 Å². The van der Waals surface area contributed by atoms with Crippen LogP contribution in [0.5, 0.6) is 0 Å². The monoisotopic (exact) mass is 360 g/mol. The lowest BCUT2D eigenvalue weighted by Crippen LogP contribution is -2.25. The highest BCUT2D eigenvalue weighted by atomic mass is 127. The van der Waals surface area contributed by atoms with Gasteiger partial charge in [0.2, 0.25) is 0 Å². The molecule has 0 saturated heterocycles. The standard InChI is InChI=1S/C16H25IO/c17-11-16(12-18)15-9-14(10-15)8-4-7-13-5-2-1-3-6-13/h11-15H,1-10H2. The molecule has 0 spiro atoms. The Morgan fingerprint density at radius 3 is 2.33 bits per heavy atom. The first-order valence-corrected chi connectivity index (χ1v) is 8.83. The van der Waals surface area contributed by atoms with Gasteiger partial charge in [0.05, 0.1) is 0 Å². The summed E-state index contributed by atoms with van der Waals surface area (Å²) in [5, 5.41) is 0. The zero-order valence-corrected chi connectivity index (χ0v) is 13.4. The van der Waals surface area contributed by atoms with E-state index in [1.165, 1.54) is 64.2 Å². The summed E-state index contributed by atoms with van der Waals surface area (Å²) in [5.74, 6) is 2.53. The first-order chi connectivity index (χ1) is 8.83. The minimum Gasteiger partial charge on any atom is -0.298 e. The second-order valence-electron chi connectivity index (χ2n) is 6.20. The predicted molar refractivity (Wildman–Crippen MR) is 84.8 cm³/mol. The van der Waals surface area contributed by atoms with Gasteiger partial charge in [-0.25, -0.2) is 0 Å². The van der Waals surface area contributed by atoms with Crippen molar-refractivity contribution in [3.8, 4) is 0 Å². The molecule has 2 saturated carbocycles. The van der Waals surface area contributed by atoms with Crippen LogP contribution in [0, 0.1) is 17.8 Å². The van der Waals surface area contributed by atoms with Gasteiger partial charge in [-0.05, 0) is 34.7 Å². The van der Waals surface area contributed by atoms with Gasteiger partial charge in [-0.15, -0.1) is 0 Å². The summed E-state index contributed by atoms with van der Waals surface area (Å²) in [7, 11) is 0. The maximum Gasteiger partial charge on any atom is 0.146 e. The fourth-order valence-corrected chi connectivity index (χ4v) is 4.28.